The van der Waals surface area contributed by atoms with E-state index in [1.165, 1.54) is 28.1 Å². The molecule has 1 amide bonds. The maximum Gasteiger partial charge on any atom is 0.252 e. The first-order chi connectivity index (χ1) is 14.4. The number of carbonyl (C=O) groups is 1. The number of hydrogen-bond acceptors (Lipinski definition) is 5. The molecule has 2 aromatic rings. The summed E-state index contributed by atoms with van der Waals surface area (Å²) in [5.41, 5.74) is 1.37. The van der Waals surface area contributed by atoms with Crippen LogP contribution in [0.1, 0.15) is 15.9 Å². The van der Waals surface area contributed by atoms with Gasteiger partial charge in [-0.3, -0.25) is 4.79 Å². The molecule has 1 aliphatic heterocycles. The van der Waals surface area contributed by atoms with Crippen molar-refractivity contribution in [2.45, 2.75) is 11.4 Å². The second kappa shape index (κ2) is 10.6. The number of sulfonamides is 1. The molecule has 30 heavy (non-hydrogen) atoms. The average molecular weight is 468 g/mol. The Hall–Kier alpha value is -1.58. The number of thioether (sulfide) groups is 1. The molecule has 3 rings (SSSR count). The number of hydrogen-bond donors (Lipinski definition) is 1. The first-order valence-electron chi connectivity index (χ1n) is 9.76. The van der Waals surface area contributed by atoms with Crippen molar-refractivity contribution in [2.24, 2.45) is 0 Å². The van der Waals surface area contributed by atoms with E-state index >= 15 is 0 Å². The summed E-state index contributed by atoms with van der Waals surface area (Å²) in [6.07, 6.45) is 0. The molecule has 1 saturated heterocycles. The van der Waals surface area contributed by atoms with Gasteiger partial charge in [0.2, 0.25) is 10.0 Å². The summed E-state index contributed by atoms with van der Waals surface area (Å²) in [6, 6.07) is 14.4. The molecule has 0 spiro atoms. The minimum Gasteiger partial charge on any atom is -0.351 e. The first kappa shape index (κ1) is 23.1. The molecule has 1 aliphatic rings. The molecule has 0 bridgehead atoms. The average Bonchev–Trinajstić information content (AvgIpc) is 2.75. The number of benzene rings is 2. The fourth-order valence-electron chi connectivity index (χ4n) is 3.20. The number of halogens is 1. The normalized spacial score (nSPS) is 15.3. The van der Waals surface area contributed by atoms with Crippen molar-refractivity contribution in [3.63, 3.8) is 0 Å². The topological polar surface area (TPSA) is 69.7 Å². The van der Waals surface area contributed by atoms with Crippen LogP contribution in [0.4, 0.5) is 0 Å². The maximum absolute atomic E-state index is 12.9. The van der Waals surface area contributed by atoms with Gasteiger partial charge in [-0.05, 0) is 30.8 Å². The molecule has 1 heterocycles. The molecule has 0 saturated carbocycles. The lowest BCUT2D eigenvalue weighted by atomic mass is 10.2. The SMILES string of the molecule is CN(CCNC(=O)c1cc(S(=O)(=O)N2CCSCC2)ccc1Cl)Cc1ccccc1. The maximum atomic E-state index is 12.9. The van der Waals surface area contributed by atoms with E-state index in [1.54, 1.807) is 11.8 Å². The molecular weight excluding hydrogens is 442 g/mol. The Morgan fingerprint density at radius 3 is 2.57 bits per heavy atom. The Kier molecular flexibility index (Phi) is 8.19. The van der Waals surface area contributed by atoms with Gasteiger partial charge in [0.25, 0.3) is 5.91 Å². The van der Waals surface area contributed by atoms with Gasteiger partial charge in [0.1, 0.15) is 0 Å². The second-order valence-electron chi connectivity index (χ2n) is 7.14. The second-order valence-corrected chi connectivity index (χ2v) is 10.7. The van der Waals surface area contributed by atoms with Crippen LogP contribution in [0, 0.1) is 0 Å². The molecule has 162 valence electrons. The van der Waals surface area contributed by atoms with Crippen molar-refractivity contribution >= 4 is 39.3 Å². The molecular formula is C21H26ClN3O3S2. The highest BCUT2D eigenvalue weighted by Crippen LogP contribution is 2.24. The minimum atomic E-state index is -3.63. The Bertz CT molecular complexity index is 965. The van der Waals surface area contributed by atoms with Crippen LogP contribution in [0.5, 0.6) is 0 Å². The minimum absolute atomic E-state index is 0.102. The number of nitrogens with one attached hydrogen (secondary N) is 1. The summed E-state index contributed by atoms with van der Waals surface area (Å²) >= 11 is 7.93. The molecule has 0 aromatic heterocycles. The molecule has 2 aromatic carbocycles. The summed E-state index contributed by atoms with van der Waals surface area (Å²) in [6.45, 7) is 2.82. The summed E-state index contributed by atoms with van der Waals surface area (Å²) in [7, 11) is -1.65. The van der Waals surface area contributed by atoms with Crippen LogP contribution in [-0.2, 0) is 16.6 Å². The fraction of sp³-hybridized carbons (Fsp3) is 0.381. The van der Waals surface area contributed by atoms with Gasteiger partial charge in [0.05, 0.1) is 15.5 Å². The molecule has 1 fully saturated rings. The lowest BCUT2D eigenvalue weighted by Crippen LogP contribution is -2.38. The summed E-state index contributed by atoms with van der Waals surface area (Å²) < 4.78 is 27.2. The number of likely N-dealkylation sites (N-methyl/N-ethyl adjacent to an activating group) is 1. The molecule has 1 N–H and O–H groups in total. The van der Waals surface area contributed by atoms with Gasteiger partial charge in [-0.2, -0.15) is 16.1 Å². The number of nitrogens with zero attached hydrogens (tertiary/aromatic N) is 2. The van der Waals surface area contributed by atoms with E-state index in [9.17, 15) is 13.2 Å². The lowest BCUT2D eigenvalue weighted by Gasteiger charge is -2.25. The van der Waals surface area contributed by atoms with Crippen LogP contribution in [0.25, 0.3) is 0 Å². The van der Waals surface area contributed by atoms with Gasteiger partial charge in [0, 0.05) is 44.2 Å². The number of rotatable bonds is 8. The molecule has 0 radical (unpaired) electrons. The van der Waals surface area contributed by atoms with E-state index in [0.29, 0.717) is 26.2 Å². The van der Waals surface area contributed by atoms with Crippen LogP contribution in [-0.4, -0.2) is 68.3 Å². The van der Waals surface area contributed by atoms with Crippen LogP contribution in [0.15, 0.2) is 53.4 Å². The van der Waals surface area contributed by atoms with Gasteiger partial charge in [-0.25, -0.2) is 8.42 Å². The quantitative estimate of drug-likeness (QED) is 0.646. The summed E-state index contributed by atoms with van der Waals surface area (Å²) in [4.78, 5) is 14.8. The number of carbonyl (C=O) groups excluding carboxylic acids is 1. The highest BCUT2D eigenvalue weighted by molar-refractivity contribution is 7.99. The van der Waals surface area contributed by atoms with Crippen molar-refractivity contribution in [3.05, 3.63) is 64.7 Å². The van der Waals surface area contributed by atoms with Crippen LogP contribution in [0.2, 0.25) is 5.02 Å². The Morgan fingerprint density at radius 2 is 1.87 bits per heavy atom. The Morgan fingerprint density at radius 1 is 1.17 bits per heavy atom. The van der Waals surface area contributed by atoms with Crippen molar-refractivity contribution in [2.75, 3.05) is 44.7 Å². The third-order valence-electron chi connectivity index (χ3n) is 4.86. The van der Waals surface area contributed by atoms with E-state index in [1.807, 2.05) is 25.2 Å². The van der Waals surface area contributed by atoms with Gasteiger partial charge >= 0.3 is 0 Å². The molecule has 0 unspecified atom stereocenters. The van der Waals surface area contributed by atoms with E-state index < -0.39 is 10.0 Å². The predicted octanol–water partition coefficient (Wildman–Crippen LogP) is 2.94. The molecule has 0 atom stereocenters. The zero-order valence-electron chi connectivity index (χ0n) is 16.9. The lowest BCUT2D eigenvalue weighted by molar-refractivity contribution is 0.0949. The molecule has 9 heteroatoms. The largest absolute Gasteiger partial charge is 0.351 e. The molecule has 0 aliphatic carbocycles. The van der Waals surface area contributed by atoms with E-state index in [2.05, 4.69) is 22.3 Å². The van der Waals surface area contributed by atoms with Crippen molar-refractivity contribution in [3.8, 4) is 0 Å². The van der Waals surface area contributed by atoms with E-state index in [4.69, 9.17) is 11.6 Å². The van der Waals surface area contributed by atoms with Crippen molar-refractivity contribution in [1.82, 2.24) is 14.5 Å². The Balaban J connectivity index is 1.61. The monoisotopic (exact) mass is 467 g/mol. The van der Waals surface area contributed by atoms with Gasteiger partial charge in [0.15, 0.2) is 0 Å². The standard InChI is InChI=1S/C21H26ClN3O3S2/c1-24(16-17-5-3-2-4-6-17)10-9-23-21(26)19-15-18(7-8-20(19)22)30(27,28)25-11-13-29-14-12-25/h2-8,15H,9-14,16H2,1H3,(H,23,26). The molecule has 6 nitrogen and oxygen atoms in total. The van der Waals surface area contributed by atoms with Crippen LogP contribution < -0.4 is 5.32 Å². The Labute approximate surface area is 187 Å². The number of amides is 1. The van der Waals surface area contributed by atoms with Crippen LogP contribution >= 0.6 is 23.4 Å². The van der Waals surface area contributed by atoms with Gasteiger partial charge in [-0.15, -0.1) is 0 Å². The third-order valence-corrected chi connectivity index (χ3v) is 8.03. The van der Waals surface area contributed by atoms with Crippen LogP contribution in [0.3, 0.4) is 0 Å². The van der Waals surface area contributed by atoms with Crippen molar-refractivity contribution < 1.29 is 13.2 Å². The smallest absolute Gasteiger partial charge is 0.252 e. The van der Waals surface area contributed by atoms with Crippen molar-refractivity contribution in [1.29, 1.82) is 0 Å². The fourth-order valence-corrected chi connectivity index (χ4v) is 6.01. The van der Waals surface area contributed by atoms with E-state index in [0.717, 1.165) is 18.1 Å². The zero-order chi connectivity index (χ0) is 21.6. The highest BCUT2D eigenvalue weighted by Gasteiger charge is 2.27. The first-order valence-corrected chi connectivity index (χ1v) is 12.7. The zero-order valence-corrected chi connectivity index (χ0v) is 19.3. The summed E-state index contributed by atoms with van der Waals surface area (Å²) in [5, 5.41) is 3.07. The predicted molar refractivity (Wildman–Crippen MR) is 123 cm³/mol. The van der Waals surface area contributed by atoms with Gasteiger partial charge < -0.3 is 10.2 Å². The highest BCUT2D eigenvalue weighted by atomic mass is 35.5. The van der Waals surface area contributed by atoms with Gasteiger partial charge in [-0.1, -0.05) is 41.9 Å². The third kappa shape index (κ3) is 5.98. The van der Waals surface area contributed by atoms with E-state index in [-0.39, 0.29) is 21.4 Å². The summed E-state index contributed by atoms with van der Waals surface area (Å²) in [5.74, 6) is 1.17.